The van der Waals surface area contributed by atoms with E-state index in [0.29, 0.717) is 6.54 Å². The molecular formula is C10H18N2OS. The van der Waals surface area contributed by atoms with Crippen molar-refractivity contribution in [2.24, 2.45) is 5.73 Å². The van der Waals surface area contributed by atoms with Gasteiger partial charge in [-0.25, -0.2) is 0 Å². The fourth-order valence-electron chi connectivity index (χ4n) is 2.62. The maximum Gasteiger partial charge on any atom is 0.282 e. The molecule has 0 unspecified atom stereocenters. The molecule has 1 amide bonds. The van der Waals surface area contributed by atoms with Crippen LogP contribution in [0.3, 0.4) is 0 Å². The van der Waals surface area contributed by atoms with Crippen LogP contribution >= 0.6 is 11.8 Å². The van der Waals surface area contributed by atoms with Crippen molar-refractivity contribution >= 4 is 17.0 Å². The molecule has 14 heavy (non-hydrogen) atoms. The van der Waals surface area contributed by atoms with Gasteiger partial charge in [0.15, 0.2) is 0 Å². The monoisotopic (exact) mass is 214 g/mol. The summed E-state index contributed by atoms with van der Waals surface area (Å²) in [5.41, 5.74) is 5.89. The van der Waals surface area contributed by atoms with Gasteiger partial charge in [-0.05, 0) is 12.8 Å². The Kier molecular flexibility index (Phi) is 3.02. The lowest BCUT2D eigenvalue weighted by Gasteiger charge is -2.43. The molecule has 0 bridgehead atoms. The molecule has 1 saturated carbocycles. The van der Waals surface area contributed by atoms with Crippen molar-refractivity contribution in [2.45, 2.75) is 37.6 Å². The van der Waals surface area contributed by atoms with Gasteiger partial charge in [0.05, 0.1) is 5.54 Å². The summed E-state index contributed by atoms with van der Waals surface area (Å²) in [5, 5.41) is 0.248. The van der Waals surface area contributed by atoms with E-state index < -0.39 is 0 Å². The Morgan fingerprint density at radius 3 is 2.57 bits per heavy atom. The number of hydrogen-bond acceptors (Lipinski definition) is 3. The standard InChI is InChI=1S/C10H18N2OS/c11-8-10(4-2-1-3-5-10)12-6-7-14-9(12)13/h1-8,11H2. The largest absolute Gasteiger partial charge is 0.328 e. The van der Waals surface area contributed by atoms with Crippen LogP contribution in [0.2, 0.25) is 0 Å². The lowest BCUT2D eigenvalue weighted by atomic mass is 9.80. The van der Waals surface area contributed by atoms with Gasteiger partial charge in [-0.15, -0.1) is 0 Å². The minimum atomic E-state index is 0.0127. The number of nitrogens with zero attached hydrogens (tertiary/aromatic N) is 1. The summed E-state index contributed by atoms with van der Waals surface area (Å²) in [6.07, 6.45) is 5.97. The SMILES string of the molecule is NCC1(N2CCSC2=O)CCCCC1. The molecule has 2 fully saturated rings. The number of carbonyl (C=O) groups excluding carboxylic acids is 1. The fraction of sp³-hybridized carbons (Fsp3) is 0.900. The predicted molar refractivity (Wildman–Crippen MR) is 59.4 cm³/mol. The van der Waals surface area contributed by atoms with E-state index in [1.165, 1.54) is 31.0 Å². The van der Waals surface area contributed by atoms with Crippen LogP contribution in [0.4, 0.5) is 4.79 Å². The maximum atomic E-state index is 11.7. The van der Waals surface area contributed by atoms with Gasteiger partial charge < -0.3 is 10.6 Å². The molecule has 2 N–H and O–H groups in total. The zero-order valence-electron chi connectivity index (χ0n) is 8.50. The number of amides is 1. The van der Waals surface area contributed by atoms with Crippen LogP contribution < -0.4 is 5.73 Å². The number of thioether (sulfide) groups is 1. The van der Waals surface area contributed by atoms with Gasteiger partial charge in [0.25, 0.3) is 5.24 Å². The van der Waals surface area contributed by atoms with Crippen LogP contribution in [0.1, 0.15) is 32.1 Å². The summed E-state index contributed by atoms with van der Waals surface area (Å²) < 4.78 is 0. The van der Waals surface area contributed by atoms with Crippen LogP contribution in [0.25, 0.3) is 0 Å². The first-order chi connectivity index (χ1) is 6.78. The van der Waals surface area contributed by atoms with E-state index in [4.69, 9.17) is 5.73 Å². The number of rotatable bonds is 2. The van der Waals surface area contributed by atoms with Gasteiger partial charge in [-0.1, -0.05) is 31.0 Å². The second-order valence-corrected chi connectivity index (χ2v) is 5.30. The van der Waals surface area contributed by atoms with E-state index in [1.54, 1.807) is 0 Å². The van der Waals surface area contributed by atoms with E-state index in [-0.39, 0.29) is 10.8 Å². The third-order valence-electron chi connectivity index (χ3n) is 3.50. The van der Waals surface area contributed by atoms with E-state index in [0.717, 1.165) is 25.1 Å². The van der Waals surface area contributed by atoms with E-state index in [2.05, 4.69) is 0 Å². The predicted octanol–water partition coefficient (Wildman–Crippen LogP) is 1.82. The van der Waals surface area contributed by atoms with Crippen LogP contribution in [0.5, 0.6) is 0 Å². The van der Waals surface area contributed by atoms with Crippen LogP contribution in [0.15, 0.2) is 0 Å². The molecule has 0 aromatic heterocycles. The second-order valence-electron chi connectivity index (χ2n) is 4.26. The van der Waals surface area contributed by atoms with Crippen LogP contribution in [-0.4, -0.2) is 34.5 Å². The van der Waals surface area contributed by atoms with Crippen molar-refractivity contribution in [3.8, 4) is 0 Å². The summed E-state index contributed by atoms with van der Waals surface area (Å²) in [5.74, 6) is 0.945. The van der Waals surface area contributed by atoms with Crippen molar-refractivity contribution in [3.05, 3.63) is 0 Å². The highest BCUT2D eigenvalue weighted by molar-refractivity contribution is 8.13. The molecule has 4 heteroatoms. The Morgan fingerprint density at radius 1 is 1.36 bits per heavy atom. The molecular weight excluding hydrogens is 196 g/mol. The summed E-state index contributed by atoms with van der Waals surface area (Å²) in [7, 11) is 0. The number of hydrogen-bond donors (Lipinski definition) is 1. The molecule has 0 atom stereocenters. The van der Waals surface area contributed by atoms with Crippen molar-refractivity contribution in [1.29, 1.82) is 0 Å². The number of nitrogens with two attached hydrogens (primary N) is 1. The van der Waals surface area contributed by atoms with E-state index in [9.17, 15) is 4.79 Å². The lowest BCUT2D eigenvalue weighted by Crippen LogP contribution is -2.55. The molecule has 3 nitrogen and oxygen atoms in total. The smallest absolute Gasteiger partial charge is 0.282 e. The van der Waals surface area contributed by atoms with Gasteiger partial charge >= 0.3 is 0 Å². The van der Waals surface area contributed by atoms with Crippen molar-refractivity contribution in [1.82, 2.24) is 4.90 Å². The summed E-state index contributed by atoms with van der Waals surface area (Å²) >= 11 is 1.44. The molecule has 0 spiro atoms. The molecule has 1 heterocycles. The molecule has 1 aliphatic carbocycles. The molecule has 1 saturated heterocycles. The van der Waals surface area contributed by atoms with E-state index in [1.807, 2.05) is 4.90 Å². The fourth-order valence-corrected chi connectivity index (χ4v) is 3.51. The highest BCUT2D eigenvalue weighted by atomic mass is 32.2. The lowest BCUT2D eigenvalue weighted by molar-refractivity contribution is 0.107. The van der Waals surface area contributed by atoms with E-state index >= 15 is 0 Å². The summed E-state index contributed by atoms with van der Waals surface area (Å²) in [6.45, 7) is 1.54. The first-order valence-electron chi connectivity index (χ1n) is 5.43. The second kappa shape index (κ2) is 4.11. The molecule has 0 aromatic carbocycles. The summed E-state index contributed by atoms with van der Waals surface area (Å²) in [4.78, 5) is 13.7. The zero-order chi connectivity index (χ0) is 10.0. The summed E-state index contributed by atoms with van der Waals surface area (Å²) in [6, 6.07) is 0. The molecule has 80 valence electrons. The molecule has 0 radical (unpaired) electrons. The third-order valence-corrected chi connectivity index (χ3v) is 4.35. The van der Waals surface area contributed by atoms with Crippen molar-refractivity contribution in [3.63, 3.8) is 0 Å². The topological polar surface area (TPSA) is 46.3 Å². The maximum absolute atomic E-state index is 11.7. The zero-order valence-corrected chi connectivity index (χ0v) is 9.31. The van der Waals surface area contributed by atoms with Gasteiger partial charge in [-0.3, -0.25) is 4.79 Å². The minimum Gasteiger partial charge on any atom is -0.328 e. The van der Waals surface area contributed by atoms with Crippen LogP contribution in [-0.2, 0) is 0 Å². The Morgan fingerprint density at radius 2 is 2.07 bits per heavy atom. The minimum absolute atomic E-state index is 0.0127. The highest BCUT2D eigenvalue weighted by Gasteiger charge is 2.41. The normalized spacial score (nSPS) is 26.9. The van der Waals surface area contributed by atoms with Crippen LogP contribution in [0, 0.1) is 0 Å². The third kappa shape index (κ3) is 1.65. The Labute approximate surface area is 89.4 Å². The molecule has 2 rings (SSSR count). The van der Waals surface area contributed by atoms with Crippen molar-refractivity contribution in [2.75, 3.05) is 18.8 Å². The van der Waals surface area contributed by atoms with Crippen molar-refractivity contribution < 1.29 is 4.79 Å². The average Bonchev–Trinajstić information content (AvgIpc) is 2.66. The molecule has 1 aliphatic heterocycles. The Bertz CT molecular complexity index is 226. The van der Waals surface area contributed by atoms with Gasteiger partial charge in [0.1, 0.15) is 0 Å². The van der Waals surface area contributed by atoms with Gasteiger partial charge in [-0.2, -0.15) is 0 Å². The molecule has 0 aromatic rings. The number of carbonyl (C=O) groups is 1. The van der Waals surface area contributed by atoms with Gasteiger partial charge in [0.2, 0.25) is 0 Å². The first kappa shape index (κ1) is 10.3. The Balaban J connectivity index is 2.13. The molecule has 2 aliphatic rings. The highest BCUT2D eigenvalue weighted by Crippen LogP contribution is 2.37. The average molecular weight is 214 g/mol. The quantitative estimate of drug-likeness (QED) is 0.762. The Hall–Kier alpha value is -0.220. The van der Waals surface area contributed by atoms with Gasteiger partial charge in [0, 0.05) is 18.8 Å². The first-order valence-corrected chi connectivity index (χ1v) is 6.41.